The maximum Gasteiger partial charge on any atom is 0.283 e. The average molecular weight is 336 g/mol. The summed E-state index contributed by atoms with van der Waals surface area (Å²) in [5, 5.41) is 14.9. The van der Waals surface area contributed by atoms with E-state index in [0.29, 0.717) is 30.6 Å². The van der Waals surface area contributed by atoms with Crippen LogP contribution in [0.25, 0.3) is 0 Å². The maximum absolute atomic E-state index is 12.9. The van der Waals surface area contributed by atoms with Crippen LogP contribution < -0.4 is 4.31 Å². The molecule has 1 aliphatic heterocycles. The Morgan fingerprint density at radius 1 is 1.26 bits per heavy atom. The van der Waals surface area contributed by atoms with Gasteiger partial charge in [-0.15, -0.1) is 0 Å². The van der Waals surface area contributed by atoms with Crippen LogP contribution in [0.3, 0.4) is 0 Å². The van der Waals surface area contributed by atoms with Crippen LogP contribution in [0.5, 0.6) is 0 Å². The van der Waals surface area contributed by atoms with Crippen LogP contribution >= 0.6 is 0 Å². The van der Waals surface area contributed by atoms with Crippen molar-refractivity contribution in [2.45, 2.75) is 24.3 Å². The number of aromatic nitrogens is 2. The van der Waals surface area contributed by atoms with E-state index in [1.165, 1.54) is 33.3 Å². The molecule has 0 unspecified atom stereocenters. The molecule has 2 heterocycles. The van der Waals surface area contributed by atoms with Crippen molar-refractivity contribution in [1.29, 1.82) is 0 Å². The molecule has 0 spiro atoms. The number of non-ortho nitro benzene ring substituents is 1. The number of nitro groups is 1. The highest BCUT2D eigenvalue weighted by Crippen LogP contribution is 2.33. The number of fused-ring (bicyclic) bond motifs is 1. The van der Waals surface area contributed by atoms with E-state index in [1.54, 1.807) is 13.2 Å². The van der Waals surface area contributed by atoms with Crippen LogP contribution in [-0.4, -0.2) is 29.7 Å². The monoisotopic (exact) mass is 336 g/mol. The van der Waals surface area contributed by atoms with Gasteiger partial charge in [0.25, 0.3) is 15.7 Å². The second-order valence-corrected chi connectivity index (χ2v) is 7.24. The molecule has 2 aromatic rings. The lowest BCUT2D eigenvalue weighted by Crippen LogP contribution is -2.32. The van der Waals surface area contributed by atoms with E-state index < -0.39 is 14.9 Å². The van der Waals surface area contributed by atoms with Crippen molar-refractivity contribution in [1.82, 2.24) is 9.78 Å². The molecule has 0 saturated heterocycles. The van der Waals surface area contributed by atoms with Crippen LogP contribution in [0.4, 0.5) is 11.4 Å². The van der Waals surface area contributed by atoms with Crippen molar-refractivity contribution < 1.29 is 13.3 Å². The maximum atomic E-state index is 12.9. The summed E-state index contributed by atoms with van der Waals surface area (Å²) in [6, 6.07) is 5.76. The molecule has 0 saturated carbocycles. The van der Waals surface area contributed by atoms with Gasteiger partial charge >= 0.3 is 0 Å². The summed E-state index contributed by atoms with van der Waals surface area (Å²) >= 11 is 0. The Morgan fingerprint density at radius 3 is 2.70 bits per heavy atom. The van der Waals surface area contributed by atoms with E-state index in [4.69, 9.17) is 0 Å². The lowest BCUT2D eigenvalue weighted by Gasteiger charge is -2.23. The van der Waals surface area contributed by atoms with Crippen LogP contribution in [-0.2, 0) is 23.5 Å². The molecule has 0 radical (unpaired) electrons. The summed E-state index contributed by atoms with van der Waals surface area (Å²) in [6.07, 6.45) is 3.66. The fourth-order valence-electron chi connectivity index (χ4n) is 2.71. The Kier molecular flexibility index (Phi) is 3.80. The number of benzene rings is 1. The van der Waals surface area contributed by atoms with Crippen LogP contribution in [0.1, 0.15) is 18.4 Å². The van der Waals surface area contributed by atoms with Gasteiger partial charge in [0, 0.05) is 31.9 Å². The Bertz CT molecular complexity index is 859. The molecule has 23 heavy (non-hydrogen) atoms. The molecule has 0 aliphatic carbocycles. The van der Waals surface area contributed by atoms with Crippen LogP contribution in [0, 0.1) is 10.1 Å². The van der Waals surface area contributed by atoms with Crippen molar-refractivity contribution in [3.05, 3.63) is 46.1 Å². The molecular weight excluding hydrogens is 320 g/mol. The van der Waals surface area contributed by atoms with Crippen LogP contribution in [0.15, 0.2) is 35.5 Å². The van der Waals surface area contributed by atoms with Crippen molar-refractivity contribution in [2.75, 3.05) is 10.8 Å². The van der Waals surface area contributed by atoms with Gasteiger partial charge in [-0.2, -0.15) is 13.5 Å². The Balaban J connectivity index is 2.09. The lowest BCUT2D eigenvalue weighted by molar-refractivity contribution is -0.384. The smallest absolute Gasteiger partial charge is 0.274 e. The van der Waals surface area contributed by atoms with Gasteiger partial charge in [0.1, 0.15) is 0 Å². The third-order valence-corrected chi connectivity index (χ3v) is 5.55. The largest absolute Gasteiger partial charge is 0.283 e. The van der Waals surface area contributed by atoms with E-state index in [-0.39, 0.29) is 10.7 Å². The summed E-state index contributed by atoms with van der Waals surface area (Å²) in [5.41, 5.74) is 1.15. The lowest BCUT2D eigenvalue weighted by atomic mass is 10.1. The molecule has 0 fully saturated rings. The topological polar surface area (TPSA) is 98.3 Å². The third kappa shape index (κ3) is 2.79. The minimum absolute atomic E-state index is 0.0220. The first-order valence-corrected chi connectivity index (χ1v) is 8.63. The van der Waals surface area contributed by atoms with Gasteiger partial charge in [0.2, 0.25) is 0 Å². The molecule has 1 aromatic carbocycles. The van der Waals surface area contributed by atoms with Gasteiger partial charge in [-0.25, -0.2) is 0 Å². The SMILES string of the molecule is Cn1ccc(S(=O)(=O)N2CCCCc3cc([N+](=O)[O-])ccc32)n1. The van der Waals surface area contributed by atoms with Crippen molar-refractivity contribution in [3.63, 3.8) is 0 Å². The number of anilines is 1. The van der Waals surface area contributed by atoms with E-state index in [2.05, 4.69) is 5.10 Å². The average Bonchev–Trinajstić information content (AvgIpc) is 2.83. The number of rotatable bonds is 3. The zero-order valence-corrected chi connectivity index (χ0v) is 13.4. The van der Waals surface area contributed by atoms with Crippen molar-refractivity contribution in [2.24, 2.45) is 7.05 Å². The first-order valence-electron chi connectivity index (χ1n) is 7.19. The van der Waals surface area contributed by atoms with E-state index in [9.17, 15) is 18.5 Å². The Labute approximate surface area is 133 Å². The molecule has 9 heteroatoms. The number of hydrogen-bond acceptors (Lipinski definition) is 5. The molecule has 3 rings (SSSR count). The molecular formula is C14H16N4O4S. The minimum Gasteiger partial charge on any atom is -0.274 e. The van der Waals surface area contributed by atoms with E-state index in [1.807, 2.05) is 0 Å². The molecule has 0 atom stereocenters. The second kappa shape index (κ2) is 5.65. The predicted octanol–water partition coefficient (Wildman–Crippen LogP) is 1.86. The summed E-state index contributed by atoms with van der Waals surface area (Å²) in [7, 11) is -2.13. The zero-order chi connectivity index (χ0) is 16.6. The molecule has 0 amide bonds. The number of nitro benzene ring substituents is 1. The summed E-state index contributed by atoms with van der Waals surface area (Å²) < 4.78 is 28.4. The highest BCUT2D eigenvalue weighted by atomic mass is 32.2. The normalized spacial score (nSPS) is 15.1. The highest BCUT2D eigenvalue weighted by molar-refractivity contribution is 7.92. The molecule has 1 aliphatic rings. The molecule has 0 N–H and O–H groups in total. The standard InChI is InChI=1S/C14H16N4O4S/c1-16-9-7-14(15-16)23(21,22)17-8-3-2-4-11-10-12(18(19)20)5-6-13(11)17/h5-7,9-10H,2-4,8H2,1H3. The Morgan fingerprint density at radius 2 is 2.04 bits per heavy atom. The number of nitrogens with zero attached hydrogens (tertiary/aromatic N) is 4. The summed E-state index contributed by atoms with van der Waals surface area (Å²) in [4.78, 5) is 10.5. The number of aryl methyl sites for hydroxylation is 2. The van der Waals surface area contributed by atoms with Crippen LogP contribution in [0.2, 0.25) is 0 Å². The van der Waals surface area contributed by atoms with Crippen molar-refractivity contribution in [3.8, 4) is 0 Å². The minimum atomic E-state index is -3.78. The van der Waals surface area contributed by atoms with Gasteiger partial charge in [-0.05, 0) is 37.0 Å². The molecule has 1 aromatic heterocycles. The van der Waals surface area contributed by atoms with Gasteiger partial charge in [0.15, 0.2) is 5.03 Å². The predicted molar refractivity (Wildman–Crippen MR) is 83.8 cm³/mol. The van der Waals surface area contributed by atoms with Gasteiger partial charge in [0.05, 0.1) is 10.6 Å². The highest BCUT2D eigenvalue weighted by Gasteiger charge is 2.30. The van der Waals surface area contributed by atoms with Crippen molar-refractivity contribution >= 4 is 21.4 Å². The first-order chi connectivity index (χ1) is 10.9. The quantitative estimate of drug-likeness (QED) is 0.629. The summed E-state index contributed by atoms with van der Waals surface area (Å²) in [6.45, 7) is 0.337. The fraction of sp³-hybridized carbons (Fsp3) is 0.357. The third-order valence-electron chi connectivity index (χ3n) is 3.84. The second-order valence-electron chi connectivity index (χ2n) is 5.43. The molecule has 122 valence electrons. The van der Waals surface area contributed by atoms with E-state index in [0.717, 1.165) is 6.42 Å². The molecule has 0 bridgehead atoms. The van der Waals surface area contributed by atoms with Gasteiger partial charge in [-0.1, -0.05) is 0 Å². The number of sulfonamides is 1. The van der Waals surface area contributed by atoms with E-state index >= 15 is 0 Å². The zero-order valence-electron chi connectivity index (χ0n) is 12.5. The summed E-state index contributed by atoms with van der Waals surface area (Å²) in [5.74, 6) is 0. The first kappa shape index (κ1) is 15.5. The Hall–Kier alpha value is -2.42. The molecule has 8 nitrogen and oxygen atoms in total. The van der Waals surface area contributed by atoms with Gasteiger partial charge < -0.3 is 0 Å². The fourth-order valence-corrected chi connectivity index (χ4v) is 4.21. The number of hydrogen-bond donors (Lipinski definition) is 0. The van der Waals surface area contributed by atoms with Gasteiger partial charge in [-0.3, -0.25) is 19.1 Å².